The molecular weight excluding hydrogens is 342 g/mol. The second kappa shape index (κ2) is 6.33. The van der Waals surface area contributed by atoms with Crippen molar-refractivity contribution in [3.63, 3.8) is 0 Å². The molecule has 0 saturated heterocycles. The number of fused-ring (bicyclic) bond motifs is 2. The lowest BCUT2D eigenvalue weighted by molar-refractivity contribution is -0.140. The summed E-state index contributed by atoms with van der Waals surface area (Å²) in [5.74, 6) is -0.720. The van der Waals surface area contributed by atoms with E-state index in [0.717, 1.165) is 10.5 Å². The summed E-state index contributed by atoms with van der Waals surface area (Å²) >= 11 is 1.49. The third-order valence-electron chi connectivity index (χ3n) is 4.22. The van der Waals surface area contributed by atoms with Crippen molar-refractivity contribution >= 4 is 29.3 Å². The van der Waals surface area contributed by atoms with E-state index in [2.05, 4.69) is 5.32 Å². The van der Waals surface area contributed by atoms with Gasteiger partial charge >= 0.3 is 5.97 Å². The number of aliphatic carboxylic acids is 1. The summed E-state index contributed by atoms with van der Waals surface area (Å²) in [5, 5.41) is 11.8. The minimum absolute atomic E-state index is 0.165. The van der Waals surface area contributed by atoms with Gasteiger partial charge < -0.3 is 19.9 Å². The number of carboxylic acid groups (broad SMARTS) is 1. The van der Waals surface area contributed by atoms with E-state index < -0.39 is 11.9 Å². The Balaban J connectivity index is 1.77. The number of ether oxygens (including phenoxy) is 2. The molecule has 0 radical (unpaired) electrons. The lowest BCUT2D eigenvalue weighted by Gasteiger charge is -2.22. The quantitative estimate of drug-likeness (QED) is 0.877. The molecule has 2 unspecified atom stereocenters. The van der Waals surface area contributed by atoms with E-state index in [4.69, 9.17) is 9.47 Å². The number of amides is 1. The van der Waals surface area contributed by atoms with Gasteiger partial charge in [-0.05, 0) is 29.8 Å². The molecular formula is C18H15NO5S. The number of carboxylic acids is 1. The minimum atomic E-state index is -1.00. The summed E-state index contributed by atoms with van der Waals surface area (Å²) < 4.78 is 10.8. The minimum Gasteiger partial charge on any atom is -0.481 e. The molecule has 2 aromatic rings. The molecule has 128 valence electrons. The van der Waals surface area contributed by atoms with Gasteiger partial charge in [-0.2, -0.15) is 0 Å². The molecule has 2 aliphatic rings. The maximum Gasteiger partial charge on any atom is 0.304 e. The van der Waals surface area contributed by atoms with Crippen LogP contribution in [0.1, 0.15) is 17.2 Å². The van der Waals surface area contributed by atoms with Crippen LogP contribution in [0.25, 0.3) is 0 Å². The number of thioether (sulfide) groups is 1. The van der Waals surface area contributed by atoms with Gasteiger partial charge in [0.1, 0.15) is 0 Å². The predicted octanol–water partition coefficient (Wildman–Crippen LogP) is 3.29. The molecule has 6 nitrogen and oxygen atoms in total. The molecule has 0 fully saturated rings. The third-order valence-corrected chi connectivity index (χ3v) is 5.69. The summed E-state index contributed by atoms with van der Waals surface area (Å²) in [4.78, 5) is 24.9. The summed E-state index contributed by atoms with van der Waals surface area (Å²) in [6.45, 7) is 0.165. The monoisotopic (exact) mass is 357 g/mol. The zero-order chi connectivity index (χ0) is 17.4. The molecule has 0 aliphatic carbocycles. The molecule has 2 aromatic carbocycles. The highest BCUT2D eigenvalue weighted by Crippen LogP contribution is 2.49. The number of para-hydroxylation sites is 1. The van der Waals surface area contributed by atoms with E-state index in [1.807, 2.05) is 36.4 Å². The van der Waals surface area contributed by atoms with Crippen LogP contribution in [-0.4, -0.2) is 23.8 Å². The van der Waals surface area contributed by atoms with Crippen LogP contribution >= 0.6 is 11.8 Å². The van der Waals surface area contributed by atoms with Crippen molar-refractivity contribution in [1.29, 1.82) is 0 Å². The van der Waals surface area contributed by atoms with E-state index >= 15 is 0 Å². The van der Waals surface area contributed by atoms with Crippen molar-refractivity contribution in [3.8, 4) is 11.5 Å². The Hall–Kier alpha value is -2.67. The summed E-state index contributed by atoms with van der Waals surface area (Å²) in [6.07, 6.45) is -0.244. The zero-order valence-corrected chi connectivity index (χ0v) is 13.9. The molecule has 0 aromatic heterocycles. The molecule has 7 heteroatoms. The number of hydrogen-bond acceptors (Lipinski definition) is 5. The van der Waals surface area contributed by atoms with Gasteiger partial charge in [0.15, 0.2) is 11.5 Å². The van der Waals surface area contributed by atoms with Crippen LogP contribution in [-0.2, 0) is 9.59 Å². The highest BCUT2D eigenvalue weighted by Gasteiger charge is 2.36. The van der Waals surface area contributed by atoms with Gasteiger partial charge in [0.25, 0.3) is 0 Å². The van der Waals surface area contributed by atoms with Crippen molar-refractivity contribution in [2.45, 2.75) is 16.6 Å². The fourth-order valence-electron chi connectivity index (χ4n) is 3.03. The van der Waals surface area contributed by atoms with Gasteiger partial charge in [-0.3, -0.25) is 9.59 Å². The van der Waals surface area contributed by atoms with Crippen LogP contribution in [0.15, 0.2) is 47.4 Å². The number of benzene rings is 2. The lowest BCUT2D eigenvalue weighted by Crippen LogP contribution is -2.27. The van der Waals surface area contributed by atoms with Gasteiger partial charge in [0.05, 0.1) is 18.0 Å². The Morgan fingerprint density at radius 3 is 2.84 bits per heavy atom. The van der Waals surface area contributed by atoms with E-state index in [9.17, 15) is 14.7 Å². The van der Waals surface area contributed by atoms with E-state index in [1.165, 1.54) is 11.8 Å². The number of carbonyl (C=O) groups excluding carboxylic acids is 1. The second-order valence-electron chi connectivity index (χ2n) is 5.84. The Morgan fingerprint density at radius 1 is 1.20 bits per heavy atom. The van der Waals surface area contributed by atoms with Gasteiger partial charge in [0, 0.05) is 10.1 Å². The predicted molar refractivity (Wildman–Crippen MR) is 92.0 cm³/mol. The van der Waals surface area contributed by atoms with Crippen LogP contribution in [0.4, 0.5) is 5.69 Å². The smallest absolute Gasteiger partial charge is 0.304 e. The SMILES string of the molecule is O=C(O)CC1C(=O)Nc2ccccc2SC1c1ccc2c(c1)OCO2. The largest absolute Gasteiger partial charge is 0.481 e. The average molecular weight is 357 g/mol. The Kier molecular flexibility index (Phi) is 4.01. The molecule has 2 heterocycles. The van der Waals surface area contributed by atoms with Crippen molar-refractivity contribution in [2.75, 3.05) is 12.1 Å². The lowest BCUT2D eigenvalue weighted by atomic mass is 9.94. The van der Waals surface area contributed by atoms with E-state index in [-0.39, 0.29) is 24.4 Å². The van der Waals surface area contributed by atoms with Crippen molar-refractivity contribution < 1.29 is 24.2 Å². The molecule has 0 bridgehead atoms. The summed E-state index contributed by atoms with van der Waals surface area (Å²) in [7, 11) is 0. The normalized spacial score (nSPS) is 21.2. The standard InChI is InChI=1S/C18H15NO5S/c20-16(21)8-11-17(10-5-6-13-14(7-10)24-9-23-13)25-15-4-2-1-3-12(15)19-18(11)22/h1-7,11,17H,8-9H2,(H,19,22)(H,20,21). The van der Waals surface area contributed by atoms with Crippen molar-refractivity contribution in [1.82, 2.24) is 0 Å². The van der Waals surface area contributed by atoms with Crippen LogP contribution < -0.4 is 14.8 Å². The first-order valence-corrected chi connectivity index (χ1v) is 8.67. The molecule has 2 N–H and O–H groups in total. The summed E-state index contributed by atoms with van der Waals surface area (Å²) in [6, 6.07) is 13.0. The molecule has 2 aliphatic heterocycles. The van der Waals surface area contributed by atoms with E-state index in [0.29, 0.717) is 17.2 Å². The molecule has 0 saturated carbocycles. The van der Waals surface area contributed by atoms with Crippen LogP contribution in [0.3, 0.4) is 0 Å². The second-order valence-corrected chi connectivity index (χ2v) is 7.02. The van der Waals surface area contributed by atoms with Crippen LogP contribution in [0, 0.1) is 5.92 Å². The van der Waals surface area contributed by atoms with Crippen molar-refractivity contribution in [3.05, 3.63) is 48.0 Å². The molecule has 2 atom stereocenters. The molecule has 25 heavy (non-hydrogen) atoms. The maximum atomic E-state index is 12.7. The van der Waals surface area contributed by atoms with Crippen LogP contribution in [0.2, 0.25) is 0 Å². The van der Waals surface area contributed by atoms with Gasteiger partial charge in [-0.1, -0.05) is 18.2 Å². The Labute approximate surface area is 148 Å². The van der Waals surface area contributed by atoms with Gasteiger partial charge in [0.2, 0.25) is 12.7 Å². The van der Waals surface area contributed by atoms with Gasteiger partial charge in [-0.25, -0.2) is 0 Å². The first-order chi connectivity index (χ1) is 12.1. The number of nitrogens with one attached hydrogen (secondary N) is 1. The first-order valence-electron chi connectivity index (χ1n) is 7.80. The number of carbonyl (C=O) groups is 2. The molecule has 0 spiro atoms. The highest BCUT2D eigenvalue weighted by atomic mass is 32.2. The Bertz CT molecular complexity index is 853. The number of hydrogen-bond donors (Lipinski definition) is 2. The van der Waals surface area contributed by atoms with E-state index in [1.54, 1.807) is 6.07 Å². The number of anilines is 1. The van der Waals surface area contributed by atoms with Crippen LogP contribution in [0.5, 0.6) is 11.5 Å². The highest BCUT2D eigenvalue weighted by molar-refractivity contribution is 7.99. The maximum absolute atomic E-state index is 12.7. The fraction of sp³-hybridized carbons (Fsp3) is 0.222. The summed E-state index contributed by atoms with van der Waals surface area (Å²) in [5.41, 5.74) is 1.54. The molecule has 1 amide bonds. The Morgan fingerprint density at radius 2 is 2.00 bits per heavy atom. The topological polar surface area (TPSA) is 84.9 Å². The first kappa shape index (κ1) is 15.8. The number of rotatable bonds is 3. The van der Waals surface area contributed by atoms with Crippen molar-refractivity contribution in [2.24, 2.45) is 5.92 Å². The molecule has 4 rings (SSSR count). The van der Waals surface area contributed by atoms with Gasteiger partial charge in [-0.15, -0.1) is 11.8 Å². The zero-order valence-electron chi connectivity index (χ0n) is 13.1. The fourth-order valence-corrected chi connectivity index (χ4v) is 4.38. The average Bonchev–Trinajstić information content (AvgIpc) is 3.01. The third kappa shape index (κ3) is 3.02.